The first-order chi connectivity index (χ1) is 10.1. The Labute approximate surface area is 120 Å². The van der Waals surface area contributed by atoms with Crippen LogP contribution >= 0.6 is 0 Å². The summed E-state index contributed by atoms with van der Waals surface area (Å²) in [5.74, 6) is -0.419. The topological polar surface area (TPSA) is 85.6 Å². The van der Waals surface area contributed by atoms with Crippen molar-refractivity contribution in [2.75, 3.05) is 18.6 Å². The van der Waals surface area contributed by atoms with Gasteiger partial charge in [0.25, 0.3) is 0 Å². The molecule has 21 heavy (non-hydrogen) atoms. The van der Waals surface area contributed by atoms with Crippen molar-refractivity contribution in [3.8, 4) is 0 Å². The molecule has 0 saturated carbocycles. The number of rotatable bonds is 5. The minimum atomic E-state index is -0.532. The van der Waals surface area contributed by atoms with Gasteiger partial charge in [0.1, 0.15) is 6.54 Å². The summed E-state index contributed by atoms with van der Waals surface area (Å²) in [7, 11) is 1.26. The number of nitro groups is 1. The van der Waals surface area contributed by atoms with Gasteiger partial charge in [0, 0.05) is 18.0 Å². The molecule has 0 amide bonds. The number of pyridine rings is 1. The van der Waals surface area contributed by atoms with Crippen LogP contribution in [0.25, 0.3) is 0 Å². The Kier molecular flexibility index (Phi) is 4.45. The van der Waals surface area contributed by atoms with Crippen LogP contribution < -0.4 is 4.90 Å². The van der Waals surface area contributed by atoms with E-state index in [0.717, 1.165) is 0 Å². The van der Waals surface area contributed by atoms with E-state index >= 15 is 0 Å². The van der Waals surface area contributed by atoms with Gasteiger partial charge in [-0.2, -0.15) is 0 Å². The average molecular weight is 287 g/mol. The Balaban J connectivity index is 2.50. The molecule has 0 aliphatic heterocycles. The fourth-order valence-corrected chi connectivity index (χ4v) is 1.83. The van der Waals surface area contributed by atoms with E-state index in [9.17, 15) is 14.9 Å². The molecular weight excluding hydrogens is 274 g/mol. The molecule has 108 valence electrons. The highest BCUT2D eigenvalue weighted by atomic mass is 16.6. The minimum Gasteiger partial charge on any atom is -0.468 e. The lowest BCUT2D eigenvalue weighted by atomic mass is 10.2. The van der Waals surface area contributed by atoms with Crippen molar-refractivity contribution in [3.05, 3.63) is 58.8 Å². The lowest BCUT2D eigenvalue weighted by Gasteiger charge is -2.22. The van der Waals surface area contributed by atoms with Gasteiger partial charge in [-0.25, -0.2) is 4.98 Å². The molecular formula is C14H13N3O4. The number of aromatic nitrogens is 1. The van der Waals surface area contributed by atoms with E-state index < -0.39 is 10.9 Å². The first kappa shape index (κ1) is 14.4. The maximum absolute atomic E-state index is 11.6. The number of hydrogen-bond acceptors (Lipinski definition) is 6. The van der Waals surface area contributed by atoms with Crippen LogP contribution in [0.5, 0.6) is 0 Å². The lowest BCUT2D eigenvalue weighted by Crippen LogP contribution is -2.27. The van der Waals surface area contributed by atoms with Crippen LogP contribution in [0, 0.1) is 10.1 Å². The van der Waals surface area contributed by atoms with Crippen molar-refractivity contribution in [1.29, 1.82) is 0 Å². The van der Waals surface area contributed by atoms with Crippen LogP contribution in [0.3, 0.4) is 0 Å². The number of esters is 1. The van der Waals surface area contributed by atoms with E-state index in [-0.39, 0.29) is 18.1 Å². The number of anilines is 2. The number of carbonyl (C=O) groups excluding carboxylic acids is 1. The molecule has 1 aromatic heterocycles. The van der Waals surface area contributed by atoms with Gasteiger partial charge in [-0.15, -0.1) is 0 Å². The summed E-state index contributed by atoms with van der Waals surface area (Å²) in [6, 6.07) is 11.6. The summed E-state index contributed by atoms with van der Waals surface area (Å²) < 4.78 is 4.65. The monoisotopic (exact) mass is 287 g/mol. The quantitative estimate of drug-likeness (QED) is 0.476. The zero-order valence-electron chi connectivity index (χ0n) is 11.3. The summed E-state index contributed by atoms with van der Waals surface area (Å²) in [6.45, 7) is -0.168. The number of ether oxygens (including phenoxy) is 1. The zero-order chi connectivity index (χ0) is 15.2. The van der Waals surface area contributed by atoms with Gasteiger partial charge in [-0.1, -0.05) is 18.2 Å². The van der Waals surface area contributed by atoms with Gasteiger partial charge in [-0.05, 0) is 18.2 Å². The minimum absolute atomic E-state index is 0.0964. The van der Waals surface area contributed by atoms with E-state index in [1.807, 2.05) is 6.07 Å². The van der Waals surface area contributed by atoms with Gasteiger partial charge in [0.15, 0.2) is 0 Å². The Hall–Kier alpha value is -2.96. The van der Waals surface area contributed by atoms with Crippen LogP contribution in [0.4, 0.5) is 17.2 Å². The number of benzene rings is 1. The molecule has 0 atom stereocenters. The number of carbonyl (C=O) groups is 1. The zero-order valence-corrected chi connectivity index (χ0v) is 11.3. The maximum Gasteiger partial charge on any atom is 0.325 e. The fourth-order valence-electron chi connectivity index (χ4n) is 1.83. The molecule has 2 aromatic rings. The highest BCUT2D eigenvalue weighted by Crippen LogP contribution is 2.30. The average Bonchev–Trinajstić information content (AvgIpc) is 2.53. The Morgan fingerprint density at radius 1 is 1.29 bits per heavy atom. The molecule has 0 spiro atoms. The van der Waals surface area contributed by atoms with Crippen molar-refractivity contribution in [1.82, 2.24) is 4.98 Å². The second-order valence-corrected chi connectivity index (χ2v) is 4.10. The number of hydrogen-bond donors (Lipinski definition) is 0. The number of methoxy groups -OCH3 is 1. The van der Waals surface area contributed by atoms with Gasteiger partial charge >= 0.3 is 11.7 Å². The van der Waals surface area contributed by atoms with Gasteiger partial charge in [0.2, 0.25) is 5.82 Å². The molecule has 7 nitrogen and oxygen atoms in total. The summed E-state index contributed by atoms with van der Waals surface area (Å²) in [5.41, 5.74) is 0.440. The van der Waals surface area contributed by atoms with E-state index in [2.05, 4.69) is 9.72 Å². The highest BCUT2D eigenvalue weighted by Gasteiger charge is 2.24. The molecule has 0 N–H and O–H groups in total. The largest absolute Gasteiger partial charge is 0.468 e. The van der Waals surface area contributed by atoms with Crippen LogP contribution in [0.1, 0.15) is 0 Å². The molecule has 0 radical (unpaired) electrons. The third-order valence-electron chi connectivity index (χ3n) is 2.80. The molecule has 0 aliphatic carbocycles. The first-order valence-electron chi connectivity index (χ1n) is 6.12. The van der Waals surface area contributed by atoms with Crippen LogP contribution in [-0.4, -0.2) is 29.5 Å². The fraction of sp³-hybridized carbons (Fsp3) is 0.143. The van der Waals surface area contributed by atoms with Crippen LogP contribution in [0.15, 0.2) is 48.7 Å². The molecule has 0 bridgehead atoms. The second-order valence-electron chi connectivity index (χ2n) is 4.10. The summed E-state index contributed by atoms with van der Waals surface area (Å²) in [6.07, 6.45) is 1.44. The number of para-hydroxylation sites is 1. The van der Waals surface area contributed by atoms with E-state index in [1.54, 1.807) is 24.3 Å². The lowest BCUT2D eigenvalue weighted by molar-refractivity contribution is -0.384. The van der Waals surface area contributed by atoms with Gasteiger partial charge in [-0.3, -0.25) is 14.9 Å². The normalized spacial score (nSPS) is 9.95. The van der Waals surface area contributed by atoms with Crippen LogP contribution in [-0.2, 0) is 9.53 Å². The van der Waals surface area contributed by atoms with Gasteiger partial charge in [0.05, 0.1) is 12.0 Å². The first-order valence-corrected chi connectivity index (χ1v) is 6.12. The second kappa shape index (κ2) is 6.47. The Morgan fingerprint density at radius 3 is 2.62 bits per heavy atom. The SMILES string of the molecule is COC(=O)CN(c1ccccc1)c1ncccc1[N+](=O)[O-]. The Bertz CT molecular complexity index is 646. The van der Waals surface area contributed by atoms with Crippen molar-refractivity contribution in [3.63, 3.8) is 0 Å². The predicted octanol–water partition coefficient (Wildman–Crippen LogP) is 2.30. The van der Waals surface area contributed by atoms with Crippen molar-refractivity contribution < 1.29 is 14.5 Å². The molecule has 0 fully saturated rings. The van der Waals surface area contributed by atoms with E-state index in [1.165, 1.54) is 30.3 Å². The van der Waals surface area contributed by atoms with E-state index in [0.29, 0.717) is 5.69 Å². The maximum atomic E-state index is 11.6. The predicted molar refractivity (Wildman–Crippen MR) is 76.4 cm³/mol. The Morgan fingerprint density at radius 2 is 2.00 bits per heavy atom. The third-order valence-corrected chi connectivity index (χ3v) is 2.80. The molecule has 0 saturated heterocycles. The van der Waals surface area contributed by atoms with Crippen molar-refractivity contribution >= 4 is 23.2 Å². The summed E-state index contributed by atoms with van der Waals surface area (Å²) in [5, 5.41) is 11.1. The smallest absolute Gasteiger partial charge is 0.325 e. The molecule has 7 heteroatoms. The van der Waals surface area contributed by atoms with Crippen LogP contribution in [0.2, 0.25) is 0 Å². The molecule has 0 aliphatic rings. The van der Waals surface area contributed by atoms with Crippen molar-refractivity contribution in [2.45, 2.75) is 0 Å². The summed E-state index contributed by atoms with van der Waals surface area (Å²) in [4.78, 5) is 27.7. The molecule has 1 aromatic carbocycles. The third kappa shape index (κ3) is 3.33. The van der Waals surface area contributed by atoms with Gasteiger partial charge < -0.3 is 9.64 Å². The molecule has 1 heterocycles. The highest BCUT2D eigenvalue weighted by molar-refractivity contribution is 5.81. The molecule has 2 rings (SSSR count). The van der Waals surface area contributed by atoms with Crippen molar-refractivity contribution in [2.24, 2.45) is 0 Å². The standard InChI is InChI=1S/C14H13N3O4/c1-21-13(18)10-16(11-6-3-2-4-7-11)14-12(17(19)20)8-5-9-15-14/h2-9H,10H2,1H3. The molecule has 0 unspecified atom stereocenters. The van der Waals surface area contributed by atoms with E-state index in [4.69, 9.17) is 0 Å². The number of nitrogens with zero attached hydrogens (tertiary/aromatic N) is 3. The summed E-state index contributed by atoms with van der Waals surface area (Å²) >= 11 is 0.